The van der Waals surface area contributed by atoms with Crippen molar-refractivity contribution < 1.29 is 23.9 Å². The van der Waals surface area contributed by atoms with E-state index in [2.05, 4.69) is 10.3 Å². The summed E-state index contributed by atoms with van der Waals surface area (Å²) in [4.78, 5) is 41.6. The third-order valence-electron chi connectivity index (χ3n) is 3.92. The molecule has 1 atom stereocenters. The number of benzene rings is 1. The number of carbonyl (C=O) groups excluding carboxylic acids is 3. The van der Waals surface area contributed by atoms with Crippen molar-refractivity contribution >= 4 is 29.2 Å². The van der Waals surface area contributed by atoms with E-state index in [4.69, 9.17) is 9.47 Å². The predicted octanol–water partition coefficient (Wildman–Crippen LogP) is 1.79. The van der Waals surface area contributed by atoms with Gasteiger partial charge in [-0.1, -0.05) is 18.2 Å². The summed E-state index contributed by atoms with van der Waals surface area (Å²) in [7, 11) is 2.99. The largest absolute Gasteiger partial charge is 0.497 e. The second-order valence-corrected chi connectivity index (χ2v) is 5.61. The fourth-order valence-corrected chi connectivity index (χ4v) is 2.65. The Labute approximate surface area is 149 Å². The number of nitrogens with zero attached hydrogens (tertiary/aromatic N) is 2. The third kappa shape index (κ3) is 3.49. The summed E-state index contributed by atoms with van der Waals surface area (Å²) in [6, 6.07) is 4.11. The molecule has 3 rings (SSSR count). The molecule has 1 N–H and O–H groups in total. The number of ether oxygens (including phenoxy) is 2. The minimum atomic E-state index is -0.750. The lowest BCUT2D eigenvalue weighted by Gasteiger charge is -2.27. The molecule has 4 amide bonds. The van der Waals surface area contributed by atoms with Crippen LogP contribution in [-0.4, -0.2) is 49.2 Å². The average molecular weight is 355 g/mol. The van der Waals surface area contributed by atoms with E-state index >= 15 is 0 Å². The monoisotopic (exact) mass is 355 g/mol. The van der Waals surface area contributed by atoms with Crippen LogP contribution in [0, 0.1) is 5.92 Å². The van der Waals surface area contributed by atoms with Gasteiger partial charge in [-0.2, -0.15) is 4.99 Å². The van der Waals surface area contributed by atoms with E-state index in [1.54, 1.807) is 42.5 Å². The van der Waals surface area contributed by atoms with Crippen LogP contribution < -0.4 is 14.8 Å². The molecule has 0 bridgehead atoms. The molecule has 0 saturated heterocycles. The third-order valence-corrected chi connectivity index (χ3v) is 3.92. The Kier molecular flexibility index (Phi) is 4.83. The van der Waals surface area contributed by atoms with Gasteiger partial charge >= 0.3 is 6.03 Å². The van der Waals surface area contributed by atoms with Crippen molar-refractivity contribution in [3.8, 4) is 11.5 Å². The normalized spacial score (nSPS) is 18.3. The van der Waals surface area contributed by atoms with Crippen molar-refractivity contribution in [3.05, 3.63) is 42.5 Å². The van der Waals surface area contributed by atoms with Crippen molar-refractivity contribution in [2.45, 2.75) is 0 Å². The lowest BCUT2D eigenvalue weighted by molar-refractivity contribution is -0.132. The minimum Gasteiger partial charge on any atom is -0.497 e. The zero-order chi connectivity index (χ0) is 18.7. The van der Waals surface area contributed by atoms with Crippen molar-refractivity contribution in [1.29, 1.82) is 0 Å². The zero-order valence-corrected chi connectivity index (χ0v) is 14.3. The van der Waals surface area contributed by atoms with E-state index in [9.17, 15) is 14.4 Å². The number of fused-ring (bicyclic) bond motifs is 1. The van der Waals surface area contributed by atoms with Gasteiger partial charge in [-0.05, 0) is 6.08 Å². The Bertz CT molecular complexity index is 834. The van der Waals surface area contributed by atoms with Crippen LogP contribution in [0.1, 0.15) is 0 Å². The van der Waals surface area contributed by atoms with E-state index in [1.165, 1.54) is 14.2 Å². The Morgan fingerprint density at radius 3 is 2.50 bits per heavy atom. The second kappa shape index (κ2) is 7.22. The smallest absolute Gasteiger partial charge is 0.351 e. The molecule has 1 unspecified atom stereocenters. The van der Waals surface area contributed by atoms with Crippen LogP contribution in [0.15, 0.2) is 47.5 Å². The Morgan fingerprint density at radius 2 is 1.85 bits per heavy atom. The number of hydrogen-bond donors (Lipinski definition) is 1. The molecular weight excluding hydrogens is 338 g/mol. The van der Waals surface area contributed by atoms with Crippen molar-refractivity contribution in [2.24, 2.45) is 10.9 Å². The predicted molar refractivity (Wildman–Crippen MR) is 94.5 cm³/mol. The molecule has 134 valence electrons. The molecule has 1 aliphatic heterocycles. The summed E-state index contributed by atoms with van der Waals surface area (Å²) in [5.41, 5.74) is 0.810. The number of amides is 4. The SMILES string of the molecule is COc1cc(NC(=O)CN2C(=O)N=C3C=CC=CC3C2=O)cc(OC)c1. The number of imide groups is 1. The fraction of sp³-hybridized carbons (Fsp3) is 0.222. The lowest BCUT2D eigenvalue weighted by Crippen LogP contribution is -2.48. The highest BCUT2D eigenvalue weighted by atomic mass is 16.5. The first kappa shape index (κ1) is 17.4. The summed E-state index contributed by atoms with van der Waals surface area (Å²) in [6.45, 7) is -0.429. The molecular formula is C18H17N3O5. The van der Waals surface area contributed by atoms with Crippen LogP contribution in [0.5, 0.6) is 11.5 Å². The number of methoxy groups -OCH3 is 2. The molecule has 0 aromatic heterocycles. The molecule has 1 aromatic rings. The highest BCUT2D eigenvalue weighted by Crippen LogP contribution is 2.26. The maximum absolute atomic E-state index is 12.5. The van der Waals surface area contributed by atoms with Gasteiger partial charge in [0, 0.05) is 23.9 Å². The second-order valence-electron chi connectivity index (χ2n) is 5.61. The van der Waals surface area contributed by atoms with Crippen molar-refractivity contribution in [2.75, 3.05) is 26.1 Å². The van der Waals surface area contributed by atoms with Gasteiger partial charge in [-0.15, -0.1) is 0 Å². The van der Waals surface area contributed by atoms with Crippen LogP contribution in [0.4, 0.5) is 10.5 Å². The molecule has 0 radical (unpaired) electrons. The van der Waals surface area contributed by atoms with Gasteiger partial charge in [-0.3, -0.25) is 14.5 Å². The van der Waals surface area contributed by atoms with E-state index in [1.807, 2.05) is 0 Å². The Morgan fingerprint density at radius 1 is 1.15 bits per heavy atom. The average Bonchev–Trinajstić information content (AvgIpc) is 2.64. The molecule has 0 saturated carbocycles. The van der Waals surface area contributed by atoms with Crippen LogP contribution in [0.3, 0.4) is 0 Å². The van der Waals surface area contributed by atoms with Gasteiger partial charge in [0.15, 0.2) is 0 Å². The number of aliphatic imine (C=N–C) groups is 1. The number of carbonyl (C=O) groups is 3. The summed E-state index contributed by atoms with van der Waals surface area (Å²) in [5, 5.41) is 2.63. The summed E-state index contributed by atoms with van der Waals surface area (Å²) >= 11 is 0. The van der Waals surface area contributed by atoms with Crippen LogP contribution >= 0.6 is 0 Å². The fourth-order valence-electron chi connectivity index (χ4n) is 2.65. The Hall–Kier alpha value is -3.42. The molecule has 1 aromatic carbocycles. The van der Waals surface area contributed by atoms with Gasteiger partial charge in [0.05, 0.1) is 25.8 Å². The number of allylic oxidation sites excluding steroid dienone is 3. The molecule has 0 spiro atoms. The van der Waals surface area contributed by atoms with E-state index in [0.29, 0.717) is 22.9 Å². The number of urea groups is 1. The highest BCUT2D eigenvalue weighted by Gasteiger charge is 2.36. The first-order valence-corrected chi connectivity index (χ1v) is 7.83. The summed E-state index contributed by atoms with van der Waals surface area (Å²) in [6.07, 6.45) is 6.67. The van der Waals surface area contributed by atoms with Crippen LogP contribution in [-0.2, 0) is 9.59 Å². The van der Waals surface area contributed by atoms with Gasteiger partial charge in [0.1, 0.15) is 18.0 Å². The Balaban J connectivity index is 1.73. The molecule has 1 aliphatic carbocycles. The summed E-state index contributed by atoms with van der Waals surface area (Å²) in [5.74, 6) is -0.645. The molecule has 26 heavy (non-hydrogen) atoms. The van der Waals surface area contributed by atoms with Crippen LogP contribution in [0.2, 0.25) is 0 Å². The number of nitrogens with one attached hydrogen (secondary N) is 1. The van der Waals surface area contributed by atoms with Crippen LogP contribution in [0.25, 0.3) is 0 Å². The quantitative estimate of drug-likeness (QED) is 0.868. The van der Waals surface area contributed by atoms with Gasteiger partial charge in [0.25, 0.3) is 0 Å². The maximum Gasteiger partial charge on any atom is 0.351 e. The first-order valence-electron chi connectivity index (χ1n) is 7.83. The van der Waals surface area contributed by atoms with Crippen molar-refractivity contribution in [1.82, 2.24) is 4.90 Å². The number of hydrogen-bond acceptors (Lipinski definition) is 5. The van der Waals surface area contributed by atoms with Gasteiger partial charge in [0.2, 0.25) is 11.8 Å². The molecule has 8 heteroatoms. The molecule has 1 heterocycles. The standard InChI is InChI=1S/C18H17N3O5/c1-25-12-7-11(8-13(9-12)26-2)19-16(22)10-21-17(23)14-5-3-4-6-15(14)20-18(21)24/h3-9,14H,10H2,1-2H3,(H,19,22). The van der Waals surface area contributed by atoms with E-state index in [0.717, 1.165) is 4.90 Å². The lowest BCUT2D eigenvalue weighted by atomic mass is 9.95. The van der Waals surface area contributed by atoms with Crippen molar-refractivity contribution in [3.63, 3.8) is 0 Å². The molecule has 0 fully saturated rings. The number of anilines is 1. The van der Waals surface area contributed by atoms with Gasteiger partial charge in [-0.25, -0.2) is 4.79 Å². The molecule has 8 nitrogen and oxygen atoms in total. The minimum absolute atomic E-state index is 0.386. The first-order chi connectivity index (χ1) is 12.5. The highest BCUT2D eigenvalue weighted by molar-refractivity contribution is 6.22. The molecule has 2 aliphatic rings. The zero-order valence-electron chi connectivity index (χ0n) is 14.3. The summed E-state index contributed by atoms with van der Waals surface area (Å²) < 4.78 is 10.3. The topological polar surface area (TPSA) is 97.3 Å². The van der Waals surface area contributed by atoms with E-state index in [-0.39, 0.29) is 0 Å². The maximum atomic E-state index is 12.5. The van der Waals surface area contributed by atoms with E-state index < -0.39 is 30.3 Å². The van der Waals surface area contributed by atoms with Gasteiger partial charge < -0.3 is 14.8 Å². The number of rotatable bonds is 5.